The van der Waals surface area contributed by atoms with Crippen molar-refractivity contribution in [2.45, 2.75) is 45.7 Å². The van der Waals surface area contributed by atoms with E-state index in [0.717, 1.165) is 5.56 Å². The zero-order valence-corrected chi connectivity index (χ0v) is 18.5. The molecular weight excluding hydrogens is 439 g/mol. The number of carbonyl (C=O) groups excluding carboxylic acids is 1. The highest BCUT2D eigenvalue weighted by Gasteiger charge is 2.31. The highest BCUT2D eigenvalue weighted by molar-refractivity contribution is 5.93. The van der Waals surface area contributed by atoms with Crippen LogP contribution >= 0.6 is 0 Å². The smallest absolute Gasteiger partial charge is 0.444 e. The molecular formula is C23H26F3N3O4. The van der Waals surface area contributed by atoms with Crippen molar-refractivity contribution in [2.75, 3.05) is 18.5 Å². The van der Waals surface area contributed by atoms with Crippen LogP contribution in [-0.2, 0) is 17.7 Å². The van der Waals surface area contributed by atoms with Crippen molar-refractivity contribution in [1.82, 2.24) is 5.32 Å². The zero-order valence-electron chi connectivity index (χ0n) is 18.5. The number of aliphatic hydroxyl groups is 1. The first kappa shape index (κ1) is 24.4. The largest absolute Gasteiger partial charge is 0.573 e. The van der Waals surface area contributed by atoms with Gasteiger partial charge in [-0.3, -0.25) is 4.99 Å². The van der Waals surface area contributed by atoms with E-state index in [2.05, 4.69) is 20.4 Å². The number of anilines is 1. The Morgan fingerprint density at radius 2 is 1.91 bits per heavy atom. The van der Waals surface area contributed by atoms with Gasteiger partial charge in [0.2, 0.25) is 0 Å². The van der Waals surface area contributed by atoms with E-state index in [1.807, 2.05) is 6.07 Å². The van der Waals surface area contributed by atoms with Gasteiger partial charge in [0, 0.05) is 24.9 Å². The number of fused-ring (bicyclic) bond motifs is 1. The number of rotatable bonds is 6. The van der Waals surface area contributed by atoms with Crippen LogP contribution in [-0.4, -0.2) is 42.5 Å². The molecule has 3 rings (SSSR count). The lowest BCUT2D eigenvalue weighted by molar-refractivity contribution is -0.274. The number of nitrogens with zero attached hydrogens (tertiary/aromatic N) is 1. The quantitative estimate of drug-likeness (QED) is 0.562. The second kappa shape index (κ2) is 9.70. The van der Waals surface area contributed by atoms with E-state index in [4.69, 9.17) is 4.74 Å². The number of alkyl carbamates (subject to hydrolysis) is 1. The maximum absolute atomic E-state index is 12.5. The van der Waals surface area contributed by atoms with Gasteiger partial charge in [0.05, 0.1) is 17.9 Å². The van der Waals surface area contributed by atoms with Crippen LogP contribution in [0.4, 0.5) is 29.3 Å². The molecule has 0 spiro atoms. The second-order valence-electron chi connectivity index (χ2n) is 8.38. The molecule has 1 amide bonds. The molecule has 1 aliphatic rings. The number of alkyl halides is 3. The standard InChI is InChI=1S/C23H26F3N3O4/c1-22(2,3)33-21(31)29-13-15-12-18(14-4-6-16(7-5-14)32-23(24,25)26)20-19(17(15)8-11-30)27-9-10-28-20/h4-7,9,12,28,30H,8,10-11,13H2,1-3H3,(H,29,31). The first-order chi connectivity index (χ1) is 15.5. The summed E-state index contributed by atoms with van der Waals surface area (Å²) < 4.78 is 46.7. The van der Waals surface area contributed by atoms with E-state index >= 15 is 0 Å². The molecule has 1 heterocycles. The maximum atomic E-state index is 12.5. The average Bonchev–Trinajstić information content (AvgIpc) is 2.71. The summed E-state index contributed by atoms with van der Waals surface area (Å²) in [6.07, 6.45) is -3.36. The summed E-state index contributed by atoms with van der Waals surface area (Å²) in [5, 5.41) is 15.6. The van der Waals surface area contributed by atoms with Gasteiger partial charge in [-0.25, -0.2) is 4.79 Å². The highest BCUT2D eigenvalue weighted by Crippen LogP contribution is 2.42. The van der Waals surface area contributed by atoms with Crippen LogP contribution in [0, 0.1) is 0 Å². The maximum Gasteiger partial charge on any atom is 0.573 e. The van der Waals surface area contributed by atoms with Gasteiger partial charge in [-0.15, -0.1) is 13.2 Å². The van der Waals surface area contributed by atoms with Crippen molar-refractivity contribution in [3.05, 3.63) is 41.5 Å². The number of amides is 1. The van der Waals surface area contributed by atoms with Gasteiger partial charge in [-0.1, -0.05) is 12.1 Å². The minimum Gasteiger partial charge on any atom is -0.444 e. The molecule has 0 radical (unpaired) electrons. The topological polar surface area (TPSA) is 92.2 Å². The zero-order chi connectivity index (χ0) is 24.2. The number of aliphatic hydroxyl groups excluding tert-OH is 1. The fourth-order valence-corrected chi connectivity index (χ4v) is 3.46. The molecule has 2 aromatic rings. The van der Waals surface area contributed by atoms with Crippen LogP contribution < -0.4 is 15.4 Å². The van der Waals surface area contributed by atoms with Crippen molar-refractivity contribution in [1.29, 1.82) is 0 Å². The Morgan fingerprint density at radius 1 is 1.21 bits per heavy atom. The van der Waals surface area contributed by atoms with Crippen LogP contribution in [0.1, 0.15) is 31.9 Å². The van der Waals surface area contributed by atoms with Gasteiger partial charge < -0.3 is 25.2 Å². The Hall–Kier alpha value is -3.27. The van der Waals surface area contributed by atoms with E-state index in [1.165, 1.54) is 24.3 Å². The minimum absolute atomic E-state index is 0.120. The average molecular weight is 465 g/mol. The van der Waals surface area contributed by atoms with Crippen molar-refractivity contribution < 1.29 is 32.5 Å². The Balaban J connectivity index is 1.99. The molecule has 0 aliphatic carbocycles. The monoisotopic (exact) mass is 465 g/mol. The van der Waals surface area contributed by atoms with Crippen molar-refractivity contribution in [3.8, 4) is 16.9 Å². The summed E-state index contributed by atoms with van der Waals surface area (Å²) >= 11 is 0. The van der Waals surface area contributed by atoms with Gasteiger partial charge in [0.25, 0.3) is 0 Å². The number of benzene rings is 2. The molecule has 33 heavy (non-hydrogen) atoms. The molecule has 178 valence electrons. The summed E-state index contributed by atoms with van der Waals surface area (Å²) in [6, 6.07) is 7.35. The minimum atomic E-state index is -4.77. The fourth-order valence-electron chi connectivity index (χ4n) is 3.46. The van der Waals surface area contributed by atoms with E-state index in [0.29, 0.717) is 41.0 Å². The summed E-state index contributed by atoms with van der Waals surface area (Å²) in [7, 11) is 0. The van der Waals surface area contributed by atoms with Crippen LogP contribution in [0.2, 0.25) is 0 Å². The second-order valence-corrected chi connectivity index (χ2v) is 8.38. The lowest BCUT2D eigenvalue weighted by Gasteiger charge is -2.24. The first-order valence-corrected chi connectivity index (χ1v) is 10.4. The lowest BCUT2D eigenvalue weighted by atomic mass is 9.92. The van der Waals surface area contributed by atoms with Gasteiger partial charge in [0.1, 0.15) is 11.4 Å². The molecule has 3 N–H and O–H groups in total. The van der Waals surface area contributed by atoms with Crippen LogP contribution in [0.3, 0.4) is 0 Å². The molecule has 0 atom stereocenters. The molecule has 7 nitrogen and oxygen atoms in total. The van der Waals surface area contributed by atoms with Gasteiger partial charge in [0.15, 0.2) is 0 Å². The normalized spacial score (nSPS) is 13.2. The molecule has 2 aromatic carbocycles. The number of ether oxygens (including phenoxy) is 2. The summed E-state index contributed by atoms with van der Waals surface area (Å²) in [6.45, 7) is 5.75. The van der Waals surface area contributed by atoms with Crippen LogP contribution in [0.25, 0.3) is 11.1 Å². The number of hydrogen-bond acceptors (Lipinski definition) is 6. The predicted octanol–water partition coefficient (Wildman–Crippen LogP) is 4.94. The van der Waals surface area contributed by atoms with E-state index < -0.39 is 18.1 Å². The number of halogens is 3. The highest BCUT2D eigenvalue weighted by atomic mass is 19.4. The first-order valence-electron chi connectivity index (χ1n) is 10.4. The molecule has 10 heteroatoms. The predicted molar refractivity (Wildman–Crippen MR) is 119 cm³/mol. The fraction of sp³-hybridized carbons (Fsp3) is 0.391. The number of carbonyl (C=O) groups is 1. The van der Waals surface area contributed by atoms with E-state index in [1.54, 1.807) is 27.0 Å². The number of nitrogens with one attached hydrogen (secondary N) is 2. The molecule has 0 bridgehead atoms. The van der Waals surface area contributed by atoms with Crippen LogP contribution in [0.15, 0.2) is 35.3 Å². The molecule has 0 saturated carbocycles. The third-order valence-electron chi connectivity index (χ3n) is 4.67. The number of hydrogen-bond donors (Lipinski definition) is 3. The third-order valence-corrected chi connectivity index (χ3v) is 4.67. The Morgan fingerprint density at radius 3 is 2.52 bits per heavy atom. The lowest BCUT2D eigenvalue weighted by Crippen LogP contribution is -2.32. The van der Waals surface area contributed by atoms with Crippen LogP contribution in [0.5, 0.6) is 5.75 Å². The third kappa shape index (κ3) is 6.61. The summed E-state index contributed by atoms with van der Waals surface area (Å²) in [4.78, 5) is 16.7. The SMILES string of the molecule is CC(C)(C)OC(=O)NCc1cc(-c2ccc(OC(F)(F)F)cc2)c2c(c1CCO)N=CCN2. The van der Waals surface area contributed by atoms with Crippen molar-refractivity contribution >= 4 is 23.7 Å². The Labute approximate surface area is 189 Å². The van der Waals surface area contributed by atoms with Gasteiger partial charge >= 0.3 is 12.5 Å². The Bertz CT molecular complexity index is 1030. The molecule has 0 aromatic heterocycles. The molecule has 0 unspecified atom stereocenters. The molecule has 0 fully saturated rings. The van der Waals surface area contributed by atoms with Crippen molar-refractivity contribution in [2.24, 2.45) is 4.99 Å². The summed E-state index contributed by atoms with van der Waals surface area (Å²) in [5.74, 6) is -0.324. The number of aliphatic imine (C=N–C) groups is 1. The van der Waals surface area contributed by atoms with E-state index in [9.17, 15) is 23.1 Å². The Kier molecular flexibility index (Phi) is 7.16. The van der Waals surface area contributed by atoms with Gasteiger partial charge in [-0.05, 0) is 62.1 Å². The summed E-state index contributed by atoms with van der Waals surface area (Å²) in [5.41, 5.74) is 3.46. The molecule has 0 saturated heterocycles. The van der Waals surface area contributed by atoms with Gasteiger partial charge in [-0.2, -0.15) is 0 Å². The van der Waals surface area contributed by atoms with E-state index in [-0.39, 0.29) is 18.9 Å². The van der Waals surface area contributed by atoms with Crippen molar-refractivity contribution in [3.63, 3.8) is 0 Å². The molecule has 1 aliphatic heterocycles.